The van der Waals surface area contributed by atoms with Crippen molar-refractivity contribution >= 4 is 23.0 Å². The molecule has 0 atom stereocenters. The van der Waals surface area contributed by atoms with Crippen molar-refractivity contribution in [1.82, 2.24) is 9.99 Å². The van der Waals surface area contributed by atoms with Gasteiger partial charge in [-0.2, -0.15) is 23.5 Å². The summed E-state index contributed by atoms with van der Waals surface area (Å²) in [7, 11) is 0. The van der Waals surface area contributed by atoms with Crippen LogP contribution in [0.2, 0.25) is 0 Å². The third kappa shape index (κ3) is 4.99. The van der Waals surface area contributed by atoms with Crippen LogP contribution in [0, 0.1) is 17.1 Å². The summed E-state index contributed by atoms with van der Waals surface area (Å²) >= 11 is 0. The molecule has 0 aliphatic rings. The van der Waals surface area contributed by atoms with Gasteiger partial charge < -0.3 is 9.67 Å². The van der Waals surface area contributed by atoms with Crippen molar-refractivity contribution in [3.63, 3.8) is 0 Å². The maximum atomic E-state index is 13.7. The monoisotopic (exact) mass is 480 g/mol. The van der Waals surface area contributed by atoms with Gasteiger partial charge in [0.15, 0.2) is 0 Å². The SMILES string of the molecule is N#Cc1cc(C(=O)NN=Cc2cccc3c2ccn3Cc2cc(F)ccc2C(F)(F)F)ccc1O. The van der Waals surface area contributed by atoms with E-state index in [0.717, 1.165) is 18.2 Å². The molecule has 176 valence electrons. The van der Waals surface area contributed by atoms with Crippen molar-refractivity contribution in [2.24, 2.45) is 5.10 Å². The summed E-state index contributed by atoms with van der Waals surface area (Å²) in [4.78, 5) is 12.3. The molecular weight excluding hydrogens is 464 g/mol. The first-order chi connectivity index (χ1) is 16.7. The van der Waals surface area contributed by atoms with Crippen LogP contribution in [-0.2, 0) is 12.7 Å². The molecule has 0 saturated carbocycles. The van der Waals surface area contributed by atoms with E-state index in [1.54, 1.807) is 41.1 Å². The predicted molar refractivity (Wildman–Crippen MR) is 120 cm³/mol. The minimum absolute atomic E-state index is 0.0558. The Bertz CT molecular complexity index is 1500. The first kappa shape index (κ1) is 23.5. The lowest BCUT2D eigenvalue weighted by molar-refractivity contribution is -0.138. The zero-order valence-corrected chi connectivity index (χ0v) is 17.8. The number of fused-ring (bicyclic) bond motifs is 1. The van der Waals surface area contributed by atoms with Crippen LogP contribution in [0.5, 0.6) is 5.75 Å². The van der Waals surface area contributed by atoms with Gasteiger partial charge in [-0.05, 0) is 54.1 Å². The van der Waals surface area contributed by atoms with E-state index in [9.17, 15) is 27.5 Å². The molecule has 0 unspecified atom stereocenters. The lowest BCUT2D eigenvalue weighted by atomic mass is 10.1. The second kappa shape index (κ2) is 9.30. The molecule has 0 saturated heterocycles. The van der Waals surface area contributed by atoms with E-state index in [0.29, 0.717) is 16.5 Å². The number of aromatic nitrogens is 1. The van der Waals surface area contributed by atoms with Crippen LogP contribution < -0.4 is 5.43 Å². The predicted octanol–water partition coefficient (Wildman–Crippen LogP) is 5.19. The second-order valence-electron chi connectivity index (χ2n) is 7.57. The Morgan fingerprint density at radius 2 is 1.94 bits per heavy atom. The van der Waals surface area contributed by atoms with Crippen LogP contribution in [0.1, 0.15) is 32.6 Å². The molecule has 0 aliphatic heterocycles. The van der Waals surface area contributed by atoms with E-state index in [2.05, 4.69) is 10.5 Å². The number of phenols is 1. The largest absolute Gasteiger partial charge is 0.507 e. The number of nitrogens with zero attached hydrogens (tertiary/aromatic N) is 3. The number of halogens is 4. The van der Waals surface area contributed by atoms with E-state index in [1.807, 2.05) is 0 Å². The molecule has 0 fully saturated rings. The molecule has 0 aliphatic carbocycles. The summed E-state index contributed by atoms with van der Waals surface area (Å²) < 4.78 is 55.3. The highest BCUT2D eigenvalue weighted by atomic mass is 19.4. The molecule has 1 aromatic heterocycles. The average molecular weight is 480 g/mol. The van der Waals surface area contributed by atoms with Crippen molar-refractivity contribution in [1.29, 1.82) is 5.26 Å². The smallest absolute Gasteiger partial charge is 0.416 e. The van der Waals surface area contributed by atoms with Crippen LogP contribution in [0.3, 0.4) is 0 Å². The van der Waals surface area contributed by atoms with Gasteiger partial charge in [-0.25, -0.2) is 9.82 Å². The number of rotatable bonds is 5. The molecule has 0 spiro atoms. The Morgan fingerprint density at radius 1 is 1.14 bits per heavy atom. The molecule has 4 rings (SSSR count). The molecule has 1 heterocycles. The molecule has 6 nitrogen and oxygen atoms in total. The Morgan fingerprint density at radius 3 is 2.69 bits per heavy atom. The number of hydrogen-bond donors (Lipinski definition) is 2. The Kier molecular flexibility index (Phi) is 6.25. The van der Waals surface area contributed by atoms with Gasteiger partial charge in [0, 0.05) is 34.8 Å². The van der Waals surface area contributed by atoms with E-state index in [4.69, 9.17) is 5.26 Å². The molecule has 1 amide bonds. The van der Waals surface area contributed by atoms with Crippen molar-refractivity contribution in [2.75, 3.05) is 0 Å². The number of carbonyl (C=O) groups is 1. The van der Waals surface area contributed by atoms with Gasteiger partial charge in [0.05, 0.1) is 17.3 Å². The van der Waals surface area contributed by atoms with Crippen LogP contribution in [0.25, 0.3) is 10.9 Å². The topological polar surface area (TPSA) is 90.4 Å². The highest BCUT2D eigenvalue weighted by Crippen LogP contribution is 2.33. The molecule has 0 radical (unpaired) electrons. The number of nitrogens with one attached hydrogen (secondary N) is 1. The molecule has 4 aromatic rings. The quantitative estimate of drug-likeness (QED) is 0.234. The van der Waals surface area contributed by atoms with Crippen molar-refractivity contribution in [2.45, 2.75) is 12.7 Å². The van der Waals surface area contributed by atoms with Gasteiger partial charge in [0.25, 0.3) is 5.91 Å². The second-order valence-corrected chi connectivity index (χ2v) is 7.57. The summed E-state index contributed by atoms with van der Waals surface area (Å²) in [5.41, 5.74) is 2.46. The molecular formula is C25H16F4N4O2. The van der Waals surface area contributed by atoms with Crippen molar-refractivity contribution in [3.05, 3.63) is 100 Å². The number of hydrazone groups is 1. The summed E-state index contributed by atoms with van der Waals surface area (Å²) in [6, 6.07) is 14.7. The van der Waals surface area contributed by atoms with Gasteiger partial charge in [0.1, 0.15) is 17.6 Å². The maximum Gasteiger partial charge on any atom is 0.416 e. The molecule has 35 heavy (non-hydrogen) atoms. The molecule has 0 bridgehead atoms. The standard InChI is InChI=1S/C25H16F4N4O2/c26-19-5-6-21(25(27,28)29)18(11-19)14-33-9-8-20-16(2-1-3-22(20)33)13-31-32-24(35)15-4-7-23(34)17(10-15)12-30/h1-11,13,34H,14H2,(H,32,35). The highest BCUT2D eigenvalue weighted by molar-refractivity contribution is 6.00. The number of aromatic hydroxyl groups is 1. The molecule has 10 heteroatoms. The third-order valence-electron chi connectivity index (χ3n) is 5.31. The summed E-state index contributed by atoms with van der Waals surface area (Å²) in [5.74, 6) is -1.61. The number of amides is 1. The average Bonchev–Trinajstić information content (AvgIpc) is 3.22. The normalized spacial score (nSPS) is 11.6. The van der Waals surface area contributed by atoms with Gasteiger partial charge in [-0.1, -0.05) is 12.1 Å². The van der Waals surface area contributed by atoms with Gasteiger partial charge in [0.2, 0.25) is 0 Å². The Labute approximate surface area is 196 Å². The van der Waals surface area contributed by atoms with E-state index < -0.39 is 23.5 Å². The van der Waals surface area contributed by atoms with Gasteiger partial charge >= 0.3 is 6.18 Å². The Hall–Kier alpha value is -4.65. The van der Waals surface area contributed by atoms with Gasteiger partial charge in [-0.3, -0.25) is 4.79 Å². The van der Waals surface area contributed by atoms with Crippen LogP contribution in [0.15, 0.2) is 72.0 Å². The molecule has 3 aromatic carbocycles. The van der Waals surface area contributed by atoms with E-state index in [1.165, 1.54) is 24.4 Å². The fraction of sp³-hybridized carbons (Fsp3) is 0.0800. The minimum Gasteiger partial charge on any atom is -0.507 e. The van der Waals surface area contributed by atoms with Crippen LogP contribution >= 0.6 is 0 Å². The third-order valence-corrected chi connectivity index (χ3v) is 5.31. The van der Waals surface area contributed by atoms with Crippen LogP contribution in [0.4, 0.5) is 17.6 Å². The first-order valence-electron chi connectivity index (χ1n) is 10.2. The van der Waals surface area contributed by atoms with E-state index >= 15 is 0 Å². The zero-order chi connectivity index (χ0) is 25.2. The Balaban J connectivity index is 1.57. The number of phenolic OH excluding ortho intramolecular Hbond substituents is 1. The number of benzene rings is 3. The fourth-order valence-corrected chi connectivity index (χ4v) is 3.64. The molecule has 2 N–H and O–H groups in total. The zero-order valence-electron chi connectivity index (χ0n) is 17.8. The number of nitriles is 1. The summed E-state index contributed by atoms with van der Waals surface area (Å²) in [5, 5.41) is 23.1. The number of hydrogen-bond acceptors (Lipinski definition) is 4. The van der Waals surface area contributed by atoms with Crippen molar-refractivity contribution in [3.8, 4) is 11.8 Å². The van der Waals surface area contributed by atoms with Crippen LogP contribution in [-0.4, -0.2) is 21.8 Å². The van der Waals surface area contributed by atoms with Gasteiger partial charge in [-0.15, -0.1) is 0 Å². The van der Waals surface area contributed by atoms with Crippen molar-refractivity contribution < 1.29 is 27.5 Å². The summed E-state index contributed by atoms with van der Waals surface area (Å²) in [6.07, 6.45) is -1.65. The number of carbonyl (C=O) groups excluding carboxylic acids is 1. The minimum atomic E-state index is -4.62. The lowest BCUT2D eigenvalue weighted by Gasteiger charge is -2.14. The van der Waals surface area contributed by atoms with E-state index in [-0.39, 0.29) is 29.0 Å². The summed E-state index contributed by atoms with van der Waals surface area (Å²) in [6.45, 7) is -0.199. The maximum absolute atomic E-state index is 13.7. The highest BCUT2D eigenvalue weighted by Gasteiger charge is 2.33. The number of alkyl halides is 3. The lowest BCUT2D eigenvalue weighted by Crippen LogP contribution is -2.17. The fourth-order valence-electron chi connectivity index (χ4n) is 3.64. The first-order valence-corrected chi connectivity index (χ1v) is 10.2.